The molecule has 2 N–H and O–H groups in total. The molecule has 7 heteroatoms. The van der Waals surface area contributed by atoms with Gasteiger partial charge >= 0.3 is 0 Å². The number of hydrogen-bond donors (Lipinski definition) is 2. The quantitative estimate of drug-likeness (QED) is 0.650. The molecule has 0 saturated heterocycles. The smallest absolute Gasteiger partial charge is 0.255 e. The van der Waals surface area contributed by atoms with E-state index >= 15 is 0 Å². The second kappa shape index (κ2) is 6.75. The van der Waals surface area contributed by atoms with Gasteiger partial charge in [0.2, 0.25) is 5.95 Å². The normalized spacial score (nSPS) is 10.7. The van der Waals surface area contributed by atoms with E-state index in [1.807, 2.05) is 6.07 Å². The van der Waals surface area contributed by atoms with Crippen LogP contribution in [0.15, 0.2) is 28.1 Å². The van der Waals surface area contributed by atoms with Gasteiger partial charge in [0.15, 0.2) is 0 Å². The van der Waals surface area contributed by atoms with Gasteiger partial charge < -0.3 is 9.47 Å². The summed E-state index contributed by atoms with van der Waals surface area (Å²) in [5, 5.41) is 4.06. The number of nitrogens with one attached hydrogen (secondary N) is 2. The van der Waals surface area contributed by atoms with Gasteiger partial charge in [-0.05, 0) is 26.0 Å². The minimum absolute atomic E-state index is 0.188. The Balaban J connectivity index is 2.18. The fraction of sp³-hybridized carbons (Fsp3) is 0.267. The summed E-state index contributed by atoms with van der Waals surface area (Å²) in [4.78, 5) is 18.5. The molecule has 0 radical (unpaired) electrons. The maximum atomic E-state index is 11.6. The van der Waals surface area contributed by atoms with Crippen molar-refractivity contribution in [3.63, 3.8) is 0 Å². The minimum atomic E-state index is -0.188. The fourth-order valence-corrected chi connectivity index (χ4v) is 1.79. The second-order valence-electron chi connectivity index (χ2n) is 4.60. The van der Waals surface area contributed by atoms with Gasteiger partial charge in [-0.25, -0.2) is 10.4 Å². The molecular weight excluding hydrogens is 284 g/mol. The zero-order valence-electron chi connectivity index (χ0n) is 12.9. The summed E-state index contributed by atoms with van der Waals surface area (Å²) in [6.45, 7) is 3.49. The number of aryl methyl sites for hydroxylation is 1. The van der Waals surface area contributed by atoms with E-state index in [9.17, 15) is 4.79 Å². The Morgan fingerprint density at radius 2 is 2.05 bits per heavy atom. The lowest BCUT2D eigenvalue weighted by molar-refractivity contribution is 0.394. The van der Waals surface area contributed by atoms with Crippen molar-refractivity contribution in [1.29, 1.82) is 0 Å². The van der Waals surface area contributed by atoms with Crippen molar-refractivity contribution < 1.29 is 9.47 Å². The number of aromatic amines is 1. The fourth-order valence-electron chi connectivity index (χ4n) is 1.79. The lowest BCUT2D eigenvalue weighted by Crippen LogP contribution is -2.15. The average Bonchev–Trinajstić information content (AvgIpc) is 2.52. The van der Waals surface area contributed by atoms with E-state index < -0.39 is 0 Å². The first-order valence-electron chi connectivity index (χ1n) is 6.63. The number of anilines is 1. The number of hydrazone groups is 1. The first-order valence-corrected chi connectivity index (χ1v) is 6.63. The highest BCUT2D eigenvalue weighted by molar-refractivity contribution is 5.84. The van der Waals surface area contributed by atoms with E-state index in [1.165, 1.54) is 0 Å². The van der Waals surface area contributed by atoms with Gasteiger partial charge in [0.25, 0.3) is 5.56 Å². The van der Waals surface area contributed by atoms with Gasteiger partial charge in [0.05, 0.1) is 20.4 Å². The number of ether oxygens (including phenoxy) is 2. The second-order valence-corrected chi connectivity index (χ2v) is 4.60. The Morgan fingerprint density at radius 3 is 2.68 bits per heavy atom. The zero-order valence-corrected chi connectivity index (χ0v) is 12.9. The van der Waals surface area contributed by atoms with E-state index in [-0.39, 0.29) is 11.5 Å². The van der Waals surface area contributed by atoms with Crippen molar-refractivity contribution in [1.82, 2.24) is 9.97 Å². The van der Waals surface area contributed by atoms with Crippen LogP contribution in [0.3, 0.4) is 0 Å². The number of nitrogens with zero attached hydrogens (tertiary/aromatic N) is 2. The molecule has 0 aliphatic rings. The van der Waals surface area contributed by atoms with E-state index in [0.717, 1.165) is 5.56 Å². The molecule has 22 heavy (non-hydrogen) atoms. The van der Waals surface area contributed by atoms with Crippen LogP contribution in [0.1, 0.15) is 16.8 Å². The Bertz CT molecular complexity index is 753. The Kier molecular flexibility index (Phi) is 4.77. The molecule has 1 heterocycles. The zero-order chi connectivity index (χ0) is 16.1. The van der Waals surface area contributed by atoms with E-state index in [0.29, 0.717) is 22.8 Å². The first kappa shape index (κ1) is 15.6. The van der Waals surface area contributed by atoms with Crippen LogP contribution >= 0.6 is 0 Å². The standard InChI is InChI=1S/C15H18N4O3/c1-9-10(2)17-15(18-14(9)20)19-16-8-11-5-6-12(21-3)7-13(11)22-4/h5-8H,1-4H3,(H2,17,18,19,20)/b16-8-. The molecule has 2 rings (SSSR count). The highest BCUT2D eigenvalue weighted by Gasteiger charge is 2.04. The van der Waals surface area contributed by atoms with Crippen molar-refractivity contribution >= 4 is 12.2 Å². The molecule has 116 valence electrons. The van der Waals surface area contributed by atoms with Crippen LogP contribution in [0.5, 0.6) is 11.5 Å². The van der Waals surface area contributed by atoms with Gasteiger partial charge in [-0.3, -0.25) is 9.78 Å². The summed E-state index contributed by atoms with van der Waals surface area (Å²) in [5.74, 6) is 1.62. The summed E-state index contributed by atoms with van der Waals surface area (Å²) >= 11 is 0. The predicted octanol–water partition coefficient (Wildman–Crippen LogP) is 1.85. The number of benzene rings is 1. The SMILES string of the molecule is COc1ccc(/C=N\Nc2nc(C)c(C)c(=O)[nH]2)c(OC)c1. The van der Waals surface area contributed by atoms with Crippen LogP contribution in [0, 0.1) is 13.8 Å². The van der Waals surface area contributed by atoms with Crippen LogP contribution < -0.4 is 20.5 Å². The third-order valence-electron chi connectivity index (χ3n) is 3.21. The van der Waals surface area contributed by atoms with Crippen molar-refractivity contribution in [2.75, 3.05) is 19.6 Å². The summed E-state index contributed by atoms with van der Waals surface area (Å²) in [6, 6.07) is 5.39. The molecular formula is C15H18N4O3. The summed E-state index contributed by atoms with van der Waals surface area (Å²) < 4.78 is 10.4. The molecule has 0 spiro atoms. The molecule has 1 aromatic heterocycles. The number of methoxy groups -OCH3 is 2. The van der Waals surface area contributed by atoms with Crippen LogP contribution in [-0.2, 0) is 0 Å². The van der Waals surface area contributed by atoms with Crippen molar-refractivity contribution in [3.05, 3.63) is 45.4 Å². The van der Waals surface area contributed by atoms with Gasteiger partial charge in [-0.1, -0.05) is 0 Å². The number of hydrogen-bond acceptors (Lipinski definition) is 6. The molecule has 0 aliphatic heterocycles. The molecule has 2 aromatic rings. The van der Waals surface area contributed by atoms with Crippen molar-refractivity contribution in [2.45, 2.75) is 13.8 Å². The maximum Gasteiger partial charge on any atom is 0.255 e. The third-order valence-corrected chi connectivity index (χ3v) is 3.21. The predicted molar refractivity (Wildman–Crippen MR) is 85.1 cm³/mol. The molecule has 0 aliphatic carbocycles. The molecule has 0 bridgehead atoms. The maximum absolute atomic E-state index is 11.6. The van der Waals surface area contributed by atoms with Gasteiger partial charge in [-0.2, -0.15) is 5.10 Å². The van der Waals surface area contributed by atoms with E-state index in [2.05, 4.69) is 20.5 Å². The van der Waals surface area contributed by atoms with Crippen LogP contribution in [0.25, 0.3) is 0 Å². The van der Waals surface area contributed by atoms with Crippen LogP contribution in [-0.4, -0.2) is 30.4 Å². The number of H-pyrrole nitrogens is 1. The third kappa shape index (κ3) is 3.43. The molecule has 0 atom stereocenters. The van der Waals surface area contributed by atoms with Crippen LogP contribution in [0.4, 0.5) is 5.95 Å². The van der Waals surface area contributed by atoms with Gasteiger partial charge in [0.1, 0.15) is 11.5 Å². The lowest BCUT2D eigenvalue weighted by atomic mass is 10.2. The summed E-state index contributed by atoms with van der Waals surface area (Å²) in [5.41, 5.74) is 4.52. The van der Waals surface area contributed by atoms with E-state index in [1.54, 1.807) is 46.4 Å². The first-order chi connectivity index (χ1) is 10.5. The highest BCUT2D eigenvalue weighted by atomic mass is 16.5. The van der Waals surface area contributed by atoms with Crippen molar-refractivity contribution in [3.8, 4) is 11.5 Å². The summed E-state index contributed by atoms with van der Waals surface area (Å²) in [7, 11) is 3.16. The molecule has 7 nitrogen and oxygen atoms in total. The topological polar surface area (TPSA) is 88.6 Å². The summed E-state index contributed by atoms with van der Waals surface area (Å²) in [6.07, 6.45) is 1.58. The average molecular weight is 302 g/mol. The van der Waals surface area contributed by atoms with E-state index in [4.69, 9.17) is 9.47 Å². The highest BCUT2D eigenvalue weighted by Crippen LogP contribution is 2.23. The monoisotopic (exact) mass is 302 g/mol. The number of rotatable bonds is 5. The van der Waals surface area contributed by atoms with Gasteiger partial charge in [-0.15, -0.1) is 0 Å². The molecule has 0 amide bonds. The van der Waals surface area contributed by atoms with Crippen molar-refractivity contribution in [2.24, 2.45) is 5.10 Å². The Hall–Kier alpha value is -2.83. The molecule has 0 saturated carbocycles. The number of aromatic nitrogens is 2. The Morgan fingerprint density at radius 1 is 1.27 bits per heavy atom. The largest absolute Gasteiger partial charge is 0.497 e. The molecule has 1 aromatic carbocycles. The molecule has 0 unspecified atom stereocenters. The Labute approximate surface area is 128 Å². The molecule has 0 fully saturated rings. The van der Waals surface area contributed by atoms with Gasteiger partial charge in [0, 0.05) is 22.9 Å². The lowest BCUT2D eigenvalue weighted by Gasteiger charge is -2.07. The minimum Gasteiger partial charge on any atom is -0.497 e. The van der Waals surface area contributed by atoms with Crippen LogP contribution in [0.2, 0.25) is 0 Å².